The van der Waals surface area contributed by atoms with E-state index in [0.717, 1.165) is 0 Å². The summed E-state index contributed by atoms with van der Waals surface area (Å²) in [6.07, 6.45) is 1.70. The number of β-amino-alcohol motifs (C(OH)–C–C–N with tert-alkyl or cyclic N) is 1. The summed E-state index contributed by atoms with van der Waals surface area (Å²) in [5.41, 5.74) is 1.64. The van der Waals surface area contributed by atoms with Crippen LogP contribution in [0.5, 0.6) is 0 Å². The highest BCUT2D eigenvalue weighted by Gasteiger charge is 2.27. The first kappa shape index (κ1) is 15.2. The highest BCUT2D eigenvalue weighted by atomic mass is 35.5. The summed E-state index contributed by atoms with van der Waals surface area (Å²) in [7, 11) is 0. The monoisotopic (exact) mass is 342 g/mol. The summed E-state index contributed by atoms with van der Waals surface area (Å²) >= 11 is 6.29. The number of benzene rings is 1. The van der Waals surface area contributed by atoms with E-state index in [2.05, 4.69) is 4.98 Å². The first-order chi connectivity index (χ1) is 11.6. The second-order valence-electron chi connectivity index (χ2n) is 5.86. The highest BCUT2D eigenvalue weighted by molar-refractivity contribution is 6.35. The van der Waals surface area contributed by atoms with Crippen LogP contribution in [0.15, 0.2) is 47.1 Å². The molecule has 0 saturated carbocycles. The van der Waals surface area contributed by atoms with Gasteiger partial charge in [-0.3, -0.25) is 4.79 Å². The Morgan fingerprint density at radius 1 is 1.33 bits per heavy atom. The lowest BCUT2D eigenvalue weighted by Gasteiger charge is -2.17. The number of furan rings is 1. The standard InChI is InChI=1S/C18H15ClN2O3/c19-14-4-1-3-12-13(18(23)21-7-6-11(22)10-21)9-15(20-17(12)14)16-5-2-8-24-16/h1-5,8-9,11,22H,6-7,10H2/t11-/m0/s1. The third-order valence-corrected chi connectivity index (χ3v) is 4.55. The first-order valence-corrected chi connectivity index (χ1v) is 8.12. The summed E-state index contributed by atoms with van der Waals surface area (Å²) in [6, 6.07) is 10.7. The van der Waals surface area contributed by atoms with Crippen LogP contribution in [-0.2, 0) is 0 Å². The second-order valence-corrected chi connectivity index (χ2v) is 6.27. The van der Waals surface area contributed by atoms with Gasteiger partial charge in [0, 0.05) is 18.5 Å². The maximum Gasteiger partial charge on any atom is 0.254 e. The van der Waals surface area contributed by atoms with Crippen molar-refractivity contribution in [1.29, 1.82) is 0 Å². The molecule has 0 aliphatic carbocycles. The average Bonchev–Trinajstić information content (AvgIpc) is 3.25. The molecule has 0 unspecified atom stereocenters. The van der Waals surface area contributed by atoms with Gasteiger partial charge >= 0.3 is 0 Å². The number of hydrogen-bond donors (Lipinski definition) is 1. The molecule has 1 amide bonds. The van der Waals surface area contributed by atoms with Crippen LogP contribution < -0.4 is 0 Å². The summed E-state index contributed by atoms with van der Waals surface area (Å²) < 4.78 is 5.42. The number of para-hydroxylation sites is 1. The largest absolute Gasteiger partial charge is 0.463 e. The lowest BCUT2D eigenvalue weighted by molar-refractivity contribution is 0.0767. The molecule has 3 heterocycles. The Morgan fingerprint density at radius 2 is 2.21 bits per heavy atom. The fourth-order valence-corrected chi connectivity index (χ4v) is 3.25. The van der Waals surface area contributed by atoms with Crippen molar-refractivity contribution in [2.24, 2.45) is 0 Å². The van der Waals surface area contributed by atoms with Gasteiger partial charge in [0.05, 0.1) is 28.5 Å². The summed E-state index contributed by atoms with van der Waals surface area (Å²) in [5.74, 6) is 0.446. The SMILES string of the molecule is O=C(c1cc(-c2ccco2)nc2c(Cl)cccc12)N1CC[C@H](O)C1. The summed E-state index contributed by atoms with van der Waals surface area (Å²) in [4.78, 5) is 19.2. The Kier molecular flexibility index (Phi) is 3.75. The van der Waals surface area contributed by atoms with Crippen molar-refractivity contribution in [2.45, 2.75) is 12.5 Å². The Labute approximate surface area is 143 Å². The maximum atomic E-state index is 13.0. The smallest absolute Gasteiger partial charge is 0.254 e. The third kappa shape index (κ3) is 2.56. The van der Waals surface area contributed by atoms with Crippen LogP contribution in [0.2, 0.25) is 5.02 Å². The molecular weight excluding hydrogens is 328 g/mol. The molecule has 3 aromatic rings. The molecule has 0 bridgehead atoms. The average molecular weight is 343 g/mol. The normalized spacial score (nSPS) is 17.6. The highest BCUT2D eigenvalue weighted by Crippen LogP contribution is 2.30. The number of likely N-dealkylation sites (tertiary alicyclic amines) is 1. The molecule has 1 fully saturated rings. The van der Waals surface area contributed by atoms with Crippen molar-refractivity contribution in [3.63, 3.8) is 0 Å². The van der Waals surface area contributed by atoms with Crippen molar-refractivity contribution in [1.82, 2.24) is 9.88 Å². The molecule has 2 aromatic heterocycles. The minimum Gasteiger partial charge on any atom is -0.463 e. The van der Waals surface area contributed by atoms with Gasteiger partial charge in [-0.1, -0.05) is 23.7 Å². The van der Waals surface area contributed by atoms with Crippen LogP contribution in [0.1, 0.15) is 16.8 Å². The number of pyridine rings is 1. The van der Waals surface area contributed by atoms with Gasteiger partial charge in [0.1, 0.15) is 5.69 Å². The van der Waals surface area contributed by atoms with Gasteiger partial charge in [0.15, 0.2) is 5.76 Å². The topological polar surface area (TPSA) is 66.6 Å². The zero-order chi connectivity index (χ0) is 16.7. The number of aliphatic hydroxyl groups excluding tert-OH is 1. The van der Waals surface area contributed by atoms with Crippen LogP contribution in [-0.4, -0.2) is 40.1 Å². The quantitative estimate of drug-likeness (QED) is 0.775. The Hall–Kier alpha value is -2.37. The van der Waals surface area contributed by atoms with Crippen LogP contribution in [0.3, 0.4) is 0 Å². The fourth-order valence-electron chi connectivity index (χ4n) is 3.04. The van der Waals surface area contributed by atoms with Gasteiger partial charge in [0.2, 0.25) is 0 Å². The van der Waals surface area contributed by atoms with Crippen molar-refractivity contribution < 1.29 is 14.3 Å². The Bertz CT molecular complexity index is 908. The van der Waals surface area contributed by atoms with Gasteiger partial charge < -0.3 is 14.4 Å². The predicted molar refractivity (Wildman–Crippen MR) is 91.0 cm³/mol. The molecule has 1 aromatic carbocycles. The van der Waals surface area contributed by atoms with Crippen LogP contribution >= 0.6 is 11.6 Å². The van der Waals surface area contributed by atoms with E-state index in [9.17, 15) is 9.90 Å². The van der Waals surface area contributed by atoms with E-state index in [0.29, 0.717) is 52.5 Å². The number of rotatable bonds is 2. The van der Waals surface area contributed by atoms with Gasteiger partial charge in [-0.05, 0) is 30.7 Å². The number of halogens is 1. The Balaban J connectivity index is 1.89. The number of aliphatic hydroxyl groups is 1. The van der Waals surface area contributed by atoms with Crippen LogP contribution in [0.25, 0.3) is 22.4 Å². The van der Waals surface area contributed by atoms with E-state index < -0.39 is 6.10 Å². The van der Waals surface area contributed by atoms with E-state index in [-0.39, 0.29) is 5.91 Å². The molecule has 1 aliphatic rings. The molecule has 122 valence electrons. The van der Waals surface area contributed by atoms with Crippen molar-refractivity contribution in [2.75, 3.05) is 13.1 Å². The van der Waals surface area contributed by atoms with Crippen LogP contribution in [0.4, 0.5) is 0 Å². The molecule has 6 heteroatoms. The molecule has 1 atom stereocenters. The second kappa shape index (κ2) is 5.92. The fraction of sp³-hybridized carbons (Fsp3) is 0.222. The molecule has 1 saturated heterocycles. The minimum absolute atomic E-state index is 0.131. The molecule has 5 nitrogen and oxygen atoms in total. The van der Waals surface area contributed by atoms with Gasteiger partial charge in [-0.15, -0.1) is 0 Å². The van der Waals surface area contributed by atoms with Gasteiger partial charge in [-0.25, -0.2) is 4.98 Å². The third-order valence-electron chi connectivity index (χ3n) is 4.24. The Morgan fingerprint density at radius 3 is 2.92 bits per heavy atom. The van der Waals surface area contributed by atoms with Crippen molar-refractivity contribution in [3.8, 4) is 11.5 Å². The summed E-state index contributed by atoms with van der Waals surface area (Å²) in [6.45, 7) is 0.889. The van der Waals surface area contributed by atoms with Gasteiger partial charge in [-0.2, -0.15) is 0 Å². The molecule has 4 rings (SSSR count). The van der Waals surface area contributed by atoms with E-state index in [1.807, 2.05) is 6.07 Å². The molecule has 0 spiro atoms. The molecule has 1 aliphatic heterocycles. The molecule has 24 heavy (non-hydrogen) atoms. The number of hydrogen-bond acceptors (Lipinski definition) is 4. The lowest BCUT2D eigenvalue weighted by Crippen LogP contribution is -2.29. The molecular formula is C18H15ClN2O3. The van der Waals surface area contributed by atoms with E-state index in [4.69, 9.17) is 16.0 Å². The number of carbonyl (C=O) groups excluding carboxylic acids is 1. The zero-order valence-corrected chi connectivity index (χ0v) is 13.5. The maximum absolute atomic E-state index is 13.0. The van der Waals surface area contributed by atoms with Crippen molar-refractivity contribution in [3.05, 3.63) is 53.2 Å². The van der Waals surface area contributed by atoms with E-state index in [1.54, 1.807) is 41.5 Å². The van der Waals surface area contributed by atoms with Gasteiger partial charge in [0.25, 0.3) is 5.91 Å². The van der Waals surface area contributed by atoms with E-state index >= 15 is 0 Å². The zero-order valence-electron chi connectivity index (χ0n) is 12.8. The van der Waals surface area contributed by atoms with Crippen LogP contribution in [0, 0.1) is 0 Å². The summed E-state index contributed by atoms with van der Waals surface area (Å²) in [5, 5.41) is 10.9. The first-order valence-electron chi connectivity index (χ1n) is 7.74. The number of carbonyl (C=O) groups is 1. The molecule has 1 N–H and O–H groups in total. The predicted octanol–water partition coefficient (Wildman–Crippen LogP) is 3.36. The number of amides is 1. The number of fused-ring (bicyclic) bond motifs is 1. The molecule has 0 radical (unpaired) electrons. The number of aromatic nitrogens is 1. The minimum atomic E-state index is -0.463. The lowest BCUT2D eigenvalue weighted by atomic mass is 10.1. The number of nitrogens with zero attached hydrogens (tertiary/aromatic N) is 2. The van der Waals surface area contributed by atoms with E-state index in [1.165, 1.54) is 0 Å². The van der Waals surface area contributed by atoms with Crippen molar-refractivity contribution >= 4 is 28.4 Å².